The lowest BCUT2D eigenvalue weighted by Crippen LogP contribution is -2.42. The first-order valence-electron chi connectivity index (χ1n) is 6.33. The predicted molar refractivity (Wildman–Crippen MR) is 69.0 cm³/mol. The van der Waals surface area contributed by atoms with Crippen LogP contribution in [0.3, 0.4) is 0 Å². The third-order valence-electron chi connectivity index (χ3n) is 3.92. The number of ether oxygens (including phenoxy) is 1. The Bertz CT molecular complexity index is 369. The summed E-state index contributed by atoms with van der Waals surface area (Å²) in [5, 5.41) is 3.38. The average molecular weight is 234 g/mol. The van der Waals surface area contributed by atoms with E-state index in [2.05, 4.69) is 23.3 Å². The molecule has 2 rings (SSSR count). The van der Waals surface area contributed by atoms with Crippen molar-refractivity contribution in [2.24, 2.45) is 0 Å². The minimum Gasteiger partial charge on any atom is -0.378 e. The Labute approximate surface area is 104 Å². The molecule has 1 fully saturated rings. The van der Waals surface area contributed by atoms with Crippen LogP contribution in [0.25, 0.3) is 0 Å². The second kappa shape index (κ2) is 5.15. The van der Waals surface area contributed by atoms with Crippen molar-refractivity contribution in [1.29, 1.82) is 0 Å². The molecule has 0 aliphatic heterocycles. The molecule has 0 bridgehead atoms. The van der Waals surface area contributed by atoms with Gasteiger partial charge < -0.3 is 10.1 Å². The lowest BCUT2D eigenvalue weighted by Gasteiger charge is -2.42. The zero-order chi connectivity index (χ0) is 12.3. The molecule has 1 heterocycles. The van der Waals surface area contributed by atoms with Crippen LogP contribution in [-0.4, -0.2) is 24.7 Å². The van der Waals surface area contributed by atoms with E-state index in [0.717, 1.165) is 6.42 Å². The summed E-state index contributed by atoms with van der Waals surface area (Å²) in [6.07, 6.45) is 8.53. The first kappa shape index (κ1) is 12.5. The van der Waals surface area contributed by atoms with E-state index in [0.29, 0.717) is 6.04 Å². The van der Waals surface area contributed by atoms with E-state index in [-0.39, 0.29) is 5.60 Å². The molecule has 3 nitrogen and oxygen atoms in total. The third-order valence-corrected chi connectivity index (χ3v) is 3.92. The van der Waals surface area contributed by atoms with Gasteiger partial charge in [-0.2, -0.15) is 0 Å². The molecule has 1 saturated carbocycles. The standard InChI is InChI=1S/C14H22N2O/c1-11-7-12(10-16-9-11)13(15-2)8-14(17-3)5-4-6-14/h7,9-10,13,15H,4-6,8H2,1-3H3. The van der Waals surface area contributed by atoms with Gasteiger partial charge in [0, 0.05) is 25.5 Å². The summed E-state index contributed by atoms with van der Waals surface area (Å²) in [7, 11) is 3.84. The maximum absolute atomic E-state index is 5.70. The number of methoxy groups -OCH3 is 1. The van der Waals surface area contributed by atoms with Gasteiger partial charge >= 0.3 is 0 Å². The topological polar surface area (TPSA) is 34.1 Å². The molecule has 1 aliphatic rings. The van der Waals surface area contributed by atoms with Crippen LogP contribution in [-0.2, 0) is 4.74 Å². The van der Waals surface area contributed by atoms with Crippen molar-refractivity contribution in [1.82, 2.24) is 10.3 Å². The first-order valence-corrected chi connectivity index (χ1v) is 6.33. The van der Waals surface area contributed by atoms with Crippen molar-refractivity contribution >= 4 is 0 Å². The zero-order valence-electron chi connectivity index (χ0n) is 11.0. The molecule has 1 aromatic heterocycles. The van der Waals surface area contributed by atoms with Crippen LogP contribution >= 0.6 is 0 Å². The number of hydrogen-bond acceptors (Lipinski definition) is 3. The number of pyridine rings is 1. The molecule has 0 amide bonds. The Hall–Kier alpha value is -0.930. The maximum atomic E-state index is 5.70. The van der Waals surface area contributed by atoms with Gasteiger partial charge in [-0.05, 0) is 50.8 Å². The fraction of sp³-hybridized carbons (Fsp3) is 0.643. The minimum absolute atomic E-state index is 0.0947. The van der Waals surface area contributed by atoms with Crippen LogP contribution in [0.4, 0.5) is 0 Å². The average Bonchev–Trinajstić information content (AvgIpc) is 2.29. The van der Waals surface area contributed by atoms with E-state index in [1.54, 1.807) is 0 Å². The SMILES string of the molecule is CNC(CC1(OC)CCC1)c1cncc(C)c1. The van der Waals surface area contributed by atoms with E-state index in [1.807, 2.05) is 26.6 Å². The van der Waals surface area contributed by atoms with Crippen LogP contribution in [0.2, 0.25) is 0 Å². The van der Waals surface area contributed by atoms with E-state index in [9.17, 15) is 0 Å². The molecule has 17 heavy (non-hydrogen) atoms. The molecule has 0 aromatic carbocycles. The van der Waals surface area contributed by atoms with Crippen molar-refractivity contribution in [3.05, 3.63) is 29.6 Å². The molecule has 1 unspecified atom stereocenters. The molecule has 0 radical (unpaired) electrons. The Kier molecular flexibility index (Phi) is 3.79. The summed E-state index contributed by atoms with van der Waals surface area (Å²) in [4.78, 5) is 4.27. The summed E-state index contributed by atoms with van der Waals surface area (Å²) in [5.41, 5.74) is 2.57. The van der Waals surface area contributed by atoms with Crippen LogP contribution in [0.1, 0.15) is 42.9 Å². The number of nitrogens with zero attached hydrogens (tertiary/aromatic N) is 1. The van der Waals surface area contributed by atoms with Crippen molar-refractivity contribution in [2.75, 3.05) is 14.2 Å². The fourth-order valence-corrected chi connectivity index (χ4v) is 2.59. The number of aromatic nitrogens is 1. The lowest BCUT2D eigenvalue weighted by molar-refractivity contribution is -0.0834. The predicted octanol–water partition coefficient (Wildman–Crippen LogP) is 2.61. The van der Waals surface area contributed by atoms with Gasteiger partial charge in [-0.15, -0.1) is 0 Å². The van der Waals surface area contributed by atoms with Crippen molar-refractivity contribution < 1.29 is 4.74 Å². The quantitative estimate of drug-likeness (QED) is 0.850. The summed E-state index contributed by atoms with van der Waals surface area (Å²) in [6, 6.07) is 2.54. The van der Waals surface area contributed by atoms with Crippen LogP contribution < -0.4 is 5.32 Å². The number of hydrogen-bond donors (Lipinski definition) is 1. The second-order valence-corrected chi connectivity index (χ2v) is 5.08. The van der Waals surface area contributed by atoms with Gasteiger partial charge in [-0.25, -0.2) is 0 Å². The van der Waals surface area contributed by atoms with Crippen LogP contribution in [0, 0.1) is 6.92 Å². The normalized spacial score (nSPS) is 19.7. The Morgan fingerprint density at radius 1 is 1.47 bits per heavy atom. The van der Waals surface area contributed by atoms with Gasteiger partial charge in [-0.1, -0.05) is 6.07 Å². The molecule has 0 saturated heterocycles. The van der Waals surface area contributed by atoms with Gasteiger partial charge in [0.2, 0.25) is 0 Å². The summed E-state index contributed by atoms with van der Waals surface area (Å²) in [6.45, 7) is 2.08. The molecular formula is C14H22N2O. The van der Waals surface area contributed by atoms with Crippen molar-refractivity contribution in [3.8, 4) is 0 Å². The van der Waals surface area contributed by atoms with E-state index >= 15 is 0 Å². The van der Waals surface area contributed by atoms with E-state index in [4.69, 9.17) is 4.74 Å². The van der Waals surface area contributed by atoms with Crippen molar-refractivity contribution in [2.45, 2.75) is 44.2 Å². The zero-order valence-corrected chi connectivity index (χ0v) is 11.0. The summed E-state index contributed by atoms with van der Waals surface area (Å²) >= 11 is 0. The van der Waals surface area contributed by atoms with Gasteiger partial charge in [0.25, 0.3) is 0 Å². The number of aryl methyl sites for hydroxylation is 1. The highest BCUT2D eigenvalue weighted by molar-refractivity contribution is 5.21. The first-order chi connectivity index (χ1) is 8.19. The van der Waals surface area contributed by atoms with Crippen LogP contribution in [0.5, 0.6) is 0 Å². The summed E-state index contributed by atoms with van der Waals surface area (Å²) < 4.78 is 5.70. The Morgan fingerprint density at radius 2 is 2.24 bits per heavy atom. The van der Waals surface area contributed by atoms with E-state index in [1.165, 1.54) is 30.4 Å². The lowest BCUT2D eigenvalue weighted by atomic mass is 9.75. The molecule has 0 spiro atoms. The van der Waals surface area contributed by atoms with Gasteiger partial charge in [0.1, 0.15) is 0 Å². The molecular weight excluding hydrogens is 212 g/mol. The number of nitrogens with one attached hydrogen (secondary N) is 1. The highest BCUT2D eigenvalue weighted by Gasteiger charge is 2.39. The van der Waals surface area contributed by atoms with Crippen molar-refractivity contribution in [3.63, 3.8) is 0 Å². The molecule has 1 aromatic rings. The van der Waals surface area contributed by atoms with Gasteiger partial charge in [0.15, 0.2) is 0 Å². The molecule has 1 aliphatic carbocycles. The summed E-state index contributed by atoms with van der Waals surface area (Å²) in [5.74, 6) is 0. The maximum Gasteiger partial charge on any atom is 0.0697 e. The molecule has 1 atom stereocenters. The van der Waals surface area contributed by atoms with Gasteiger partial charge in [-0.3, -0.25) is 4.98 Å². The largest absolute Gasteiger partial charge is 0.378 e. The second-order valence-electron chi connectivity index (χ2n) is 5.08. The molecule has 94 valence electrons. The monoisotopic (exact) mass is 234 g/mol. The molecule has 3 heteroatoms. The smallest absolute Gasteiger partial charge is 0.0697 e. The van der Waals surface area contributed by atoms with Gasteiger partial charge in [0.05, 0.1) is 5.60 Å². The minimum atomic E-state index is 0.0947. The highest BCUT2D eigenvalue weighted by Crippen LogP contribution is 2.41. The Balaban J connectivity index is 2.11. The highest BCUT2D eigenvalue weighted by atomic mass is 16.5. The molecule has 1 N–H and O–H groups in total. The van der Waals surface area contributed by atoms with Crippen LogP contribution in [0.15, 0.2) is 18.5 Å². The Morgan fingerprint density at radius 3 is 2.71 bits per heavy atom. The fourth-order valence-electron chi connectivity index (χ4n) is 2.59. The van der Waals surface area contributed by atoms with E-state index < -0.39 is 0 Å². The third kappa shape index (κ3) is 2.67. The number of rotatable bonds is 5.